The second-order valence-electron chi connectivity index (χ2n) is 9.67. The molecule has 0 spiro atoms. The number of alkyl carbamates (subject to hydrolysis) is 1. The molecule has 1 aromatic heterocycles. The molecule has 1 aromatic carbocycles. The van der Waals surface area contributed by atoms with Crippen LogP contribution in [0, 0.1) is 0 Å². The zero-order valence-corrected chi connectivity index (χ0v) is 21.6. The van der Waals surface area contributed by atoms with E-state index < -0.39 is 17.7 Å². The quantitative estimate of drug-likeness (QED) is 0.387. The second kappa shape index (κ2) is 10.5. The van der Waals surface area contributed by atoms with Crippen molar-refractivity contribution in [3.8, 4) is 0 Å². The van der Waals surface area contributed by atoms with Crippen molar-refractivity contribution in [2.24, 2.45) is 0 Å². The van der Waals surface area contributed by atoms with Gasteiger partial charge in [-0.3, -0.25) is 0 Å². The summed E-state index contributed by atoms with van der Waals surface area (Å²) in [6.07, 6.45) is 5.12. The number of fused-ring (bicyclic) bond motifs is 1. The van der Waals surface area contributed by atoms with E-state index in [0.29, 0.717) is 0 Å². The lowest BCUT2D eigenvalue weighted by Crippen LogP contribution is -2.39. The zero-order chi connectivity index (χ0) is 24.2. The number of amides is 1. The summed E-state index contributed by atoms with van der Waals surface area (Å²) in [7, 11) is 1.12. The number of imidazole rings is 1. The van der Waals surface area contributed by atoms with E-state index in [1.54, 1.807) is 0 Å². The SMILES string of the molecule is CCCCCn1cnc2cccc(B3OC(C)(C)C(C)(S)O3)c21.CNC(=O)OC(C)(C)C. The number of benzene rings is 1. The first-order chi connectivity index (χ1) is 14.8. The van der Waals surface area contributed by atoms with Crippen LogP contribution in [0.4, 0.5) is 4.79 Å². The molecule has 1 aliphatic rings. The van der Waals surface area contributed by atoms with Crippen molar-refractivity contribution in [2.45, 2.75) is 90.4 Å². The van der Waals surface area contributed by atoms with Gasteiger partial charge in [0.15, 0.2) is 0 Å². The van der Waals surface area contributed by atoms with Crippen LogP contribution in [0.1, 0.15) is 67.7 Å². The number of nitrogens with one attached hydrogen (secondary N) is 1. The topological polar surface area (TPSA) is 74.6 Å². The highest BCUT2D eigenvalue weighted by Gasteiger charge is 2.53. The molecule has 32 heavy (non-hydrogen) atoms. The van der Waals surface area contributed by atoms with E-state index in [9.17, 15) is 4.79 Å². The summed E-state index contributed by atoms with van der Waals surface area (Å²) in [6, 6.07) is 6.11. The van der Waals surface area contributed by atoms with Crippen molar-refractivity contribution in [1.29, 1.82) is 0 Å². The predicted molar refractivity (Wildman–Crippen MR) is 134 cm³/mol. The van der Waals surface area contributed by atoms with E-state index in [4.69, 9.17) is 14.0 Å². The van der Waals surface area contributed by atoms with Crippen molar-refractivity contribution in [3.05, 3.63) is 24.5 Å². The van der Waals surface area contributed by atoms with Gasteiger partial charge in [-0.1, -0.05) is 31.9 Å². The molecule has 0 radical (unpaired) electrons. The minimum absolute atomic E-state index is 0.387. The highest BCUT2D eigenvalue weighted by molar-refractivity contribution is 7.81. The average molecular weight is 463 g/mol. The molecule has 1 saturated heterocycles. The van der Waals surface area contributed by atoms with E-state index in [1.807, 2.05) is 60.0 Å². The van der Waals surface area contributed by atoms with Gasteiger partial charge in [0, 0.05) is 19.1 Å². The lowest BCUT2D eigenvalue weighted by Gasteiger charge is -2.31. The number of hydrogen-bond acceptors (Lipinski definition) is 6. The van der Waals surface area contributed by atoms with Crippen LogP contribution in [0.15, 0.2) is 24.5 Å². The Morgan fingerprint density at radius 3 is 2.44 bits per heavy atom. The van der Waals surface area contributed by atoms with Gasteiger partial charge in [0.2, 0.25) is 0 Å². The molecule has 0 bridgehead atoms. The lowest BCUT2D eigenvalue weighted by molar-refractivity contribution is 0.0541. The zero-order valence-electron chi connectivity index (χ0n) is 20.7. The second-order valence-corrected chi connectivity index (χ2v) is 10.5. The number of nitrogens with zero attached hydrogens (tertiary/aromatic N) is 2. The Morgan fingerprint density at radius 1 is 1.25 bits per heavy atom. The Balaban J connectivity index is 0.000000344. The molecule has 0 aliphatic carbocycles. The molecule has 1 unspecified atom stereocenters. The molecule has 1 N–H and O–H groups in total. The monoisotopic (exact) mass is 463 g/mol. The van der Waals surface area contributed by atoms with E-state index in [0.717, 1.165) is 29.5 Å². The molecule has 3 rings (SSSR count). The van der Waals surface area contributed by atoms with Crippen LogP contribution in [-0.4, -0.2) is 45.9 Å². The number of thiol groups is 1. The Hall–Kier alpha value is -1.71. The van der Waals surface area contributed by atoms with Gasteiger partial charge >= 0.3 is 13.2 Å². The number of aromatic nitrogens is 2. The van der Waals surface area contributed by atoms with Crippen molar-refractivity contribution in [2.75, 3.05) is 7.05 Å². The maximum absolute atomic E-state index is 10.5. The fraction of sp³-hybridized carbons (Fsp3) is 0.652. The molecule has 2 aromatic rings. The van der Waals surface area contributed by atoms with Crippen molar-refractivity contribution < 1.29 is 18.8 Å². The van der Waals surface area contributed by atoms with Crippen LogP contribution in [0.25, 0.3) is 11.0 Å². The Bertz CT molecular complexity index is 892. The minimum Gasteiger partial charge on any atom is -0.444 e. The van der Waals surface area contributed by atoms with Crippen molar-refractivity contribution in [3.63, 3.8) is 0 Å². The largest absolute Gasteiger partial charge is 0.497 e. The summed E-state index contributed by atoms with van der Waals surface area (Å²) in [5, 5.41) is 2.36. The van der Waals surface area contributed by atoms with E-state index in [2.05, 4.69) is 40.5 Å². The summed E-state index contributed by atoms with van der Waals surface area (Å²) in [5.74, 6) is 0. The number of ether oxygens (including phenoxy) is 1. The highest BCUT2D eigenvalue weighted by Crippen LogP contribution is 2.40. The third-order valence-electron chi connectivity index (χ3n) is 5.38. The standard InChI is InChI=1S/C17H25BN2O2S.C6H13NO2/c1-5-6-7-11-20-12-19-14-10-8-9-13(15(14)20)18-21-16(2,3)17(4,23)22-18;1-6(2,3)9-5(8)7-4/h8-10,12,23H,5-7,11H2,1-4H3;1-4H3,(H,7,8). The lowest BCUT2D eigenvalue weighted by atomic mass is 9.78. The van der Waals surface area contributed by atoms with Gasteiger partial charge in [-0.25, -0.2) is 9.78 Å². The average Bonchev–Trinajstić information content (AvgIpc) is 3.18. The first-order valence-corrected chi connectivity index (χ1v) is 11.7. The number of rotatable bonds is 5. The first-order valence-electron chi connectivity index (χ1n) is 11.2. The molecule has 9 heteroatoms. The molecule has 2 heterocycles. The fourth-order valence-electron chi connectivity index (χ4n) is 3.25. The van der Waals surface area contributed by atoms with Crippen LogP contribution in [-0.2, 0) is 20.6 Å². The van der Waals surface area contributed by atoms with Gasteiger partial charge in [0.1, 0.15) is 10.5 Å². The summed E-state index contributed by atoms with van der Waals surface area (Å²) < 4.78 is 19.3. The number of carbonyl (C=O) groups is 1. The molecule has 178 valence electrons. The maximum Gasteiger partial charge on any atom is 0.497 e. The van der Waals surface area contributed by atoms with Gasteiger partial charge in [-0.05, 0) is 54.0 Å². The van der Waals surface area contributed by atoms with Crippen molar-refractivity contribution >= 4 is 42.3 Å². The number of unbranched alkanes of at least 4 members (excludes halogenated alkanes) is 2. The molecular formula is C23H38BN3O4S. The van der Waals surface area contributed by atoms with E-state index in [1.165, 1.54) is 19.9 Å². The summed E-state index contributed by atoms with van der Waals surface area (Å²) in [6.45, 7) is 14.6. The molecule has 1 aliphatic heterocycles. The van der Waals surface area contributed by atoms with Crippen LogP contribution < -0.4 is 10.8 Å². The molecular weight excluding hydrogens is 425 g/mol. The summed E-state index contributed by atoms with van der Waals surface area (Å²) in [5.41, 5.74) is 2.27. The Labute approximate surface area is 198 Å². The van der Waals surface area contributed by atoms with E-state index in [-0.39, 0.29) is 11.7 Å². The number of carbonyl (C=O) groups excluding carboxylic acids is 1. The van der Waals surface area contributed by atoms with Gasteiger partial charge in [-0.2, -0.15) is 0 Å². The van der Waals surface area contributed by atoms with Crippen LogP contribution in [0.3, 0.4) is 0 Å². The predicted octanol–water partition coefficient (Wildman–Crippen LogP) is 4.53. The van der Waals surface area contributed by atoms with Crippen LogP contribution in [0.5, 0.6) is 0 Å². The highest BCUT2D eigenvalue weighted by atomic mass is 32.1. The smallest absolute Gasteiger partial charge is 0.444 e. The molecule has 1 amide bonds. The molecule has 0 saturated carbocycles. The van der Waals surface area contributed by atoms with Gasteiger partial charge in [0.05, 0.1) is 23.0 Å². The molecule has 7 nitrogen and oxygen atoms in total. The Kier molecular flexibility index (Phi) is 8.70. The fourth-order valence-corrected chi connectivity index (χ4v) is 3.40. The third kappa shape index (κ3) is 6.65. The molecule has 1 atom stereocenters. The van der Waals surface area contributed by atoms with Crippen molar-refractivity contribution in [1.82, 2.24) is 14.9 Å². The Morgan fingerprint density at radius 2 is 1.94 bits per heavy atom. The first kappa shape index (κ1) is 26.5. The third-order valence-corrected chi connectivity index (χ3v) is 6.03. The summed E-state index contributed by atoms with van der Waals surface area (Å²) in [4.78, 5) is 14.4. The molecule has 1 fully saturated rings. The van der Waals surface area contributed by atoms with Gasteiger partial charge < -0.3 is 23.9 Å². The maximum atomic E-state index is 10.5. The number of hydrogen-bond donors (Lipinski definition) is 2. The summed E-state index contributed by atoms with van der Waals surface area (Å²) >= 11 is 4.64. The van der Waals surface area contributed by atoms with E-state index >= 15 is 0 Å². The van der Waals surface area contributed by atoms with Gasteiger partial charge in [-0.15, -0.1) is 12.6 Å². The number of para-hydroxylation sites is 1. The number of aryl methyl sites for hydroxylation is 1. The van der Waals surface area contributed by atoms with Gasteiger partial charge in [0.25, 0.3) is 0 Å². The normalized spacial score (nSPS) is 20.1. The van der Waals surface area contributed by atoms with Crippen LogP contribution >= 0.6 is 12.6 Å². The van der Waals surface area contributed by atoms with Crippen LogP contribution in [0.2, 0.25) is 0 Å². The minimum atomic E-state index is -0.632.